The van der Waals surface area contributed by atoms with Crippen LogP contribution in [0.1, 0.15) is 40.9 Å². The summed E-state index contributed by atoms with van der Waals surface area (Å²) in [6.45, 7) is 2.82. The number of benzene rings is 1. The monoisotopic (exact) mass is 416 g/mol. The fourth-order valence-corrected chi connectivity index (χ4v) is 3.52. The van der Waals surface area contributed by atoms with E-state index in [1.807, 2.05) is 7.05 Å². The summed E-state index contributed by atoms with van der Waals surface area (Å²) in [5.41, 5.74) is 3.34. The summed E-state index contributed by atoms with van der Waals surface area (Å²) in [6.07, 6.45) is 7.85. The number of aldehydes is 1. The van der Waals surface area contributed by atoms with Crippen molar-refractivity contribution >= 4 is 30.4 Å². The quantitative estimate of drug-likeness (QED) is 0.434. The SMILES string of the molecule is CNCc1cc2cc(CNCC3CCC3)ccc2c(OC)n1.[B]c1cncc(C=O)c1. The minimum absolute atomic E-state index is 0.509. The first kappa shape index (κ1) is 22.9. The summed E-state index contributed by atoms with van der Waals surface area (Å²) in [7, 11) is 8.92. The molecular weight excluding hydrogens is 387 g/mol. The van der Waals surface area contributed by atoms with Crippen LogP contribution in [-0.4, -0.2) is 44.8 Å². The van der Waals surface area contributed by atoms with Crippen LogP contribution in [-0.2, 0) is 13.1 Å². The molecule has 0 unspecified atom stereocenters. The van der Waals surface area contributed by atoms with Gasteiger partial charge in [-0.25, -0.2) is 4.98 Å². The molecule has 1 aliphatic carbocycles. The Balaban J connectivity index is 0.000000254. The van der Waals surface area contributed by atoms with Crippen molar-refractivity contribution in [3.8, 4) is 5.88 Å². The van der Waals surface area contributed by atoms with Crippen molar-refractivity contribution in [3.63, 3.8) is 0 Å². The lowest BCUT2D eigenvalue weighted by Crippen LogP contribution is -2.26. The van der Waals surface area contributed by atoms with Gasteiger partial charge in [-0.2, -0.15) is 0 Å². The lowest BCUT2D eigenvalue weighted by Gasteiger charge is -2.25. The van der Waals surface area contributed by atoms with E-state index < -0.39 is 0 Å². The van der Waals surface area contributed by atoms with Crippen LogP contribution in [0.25, 0.3) is 10.8 Å². The van der Waals surface area contributed by atoms with E-state index in [9.17, 15) is 4.79 Å². The fourth-order valence-electron chi connectivity index (χ4n) is 3.52. The Kier molecular flexibility index (Phi) is 8.56. The van der Waals surface area contributed by atoms with E-state index in [-0.39, 0.29) is 0 Å². The fraction of sp³-hybridized carbons (Fsp3) is 0.375. The van der Waals surface area contributed by atoms with Gasteiger partial charge in [0.2, 0.25) is 5.88 Å². The van der Waals surface area contributed by atoms with E-state index in [0.29, 0.717) is 23.2 Å². The zero-order chi connectivity index (χ0) is 22.1. The highest BCUT2D eigenvalue weighted by atomic mass is 16.5. The maximum absolute atomic E-state index is 10.1. The first-order chi connectivity index (χ1) is 15.1. The van der Waals surface area contributed by atoms with E-state index in [4.69, 9.17) is 12.6 Å². The molecule has 0 amide bonds. The van der Waals surface area contributed by atoms with Crippen molar-refractivity contribution in [2.24, 2.45) is 5.92 Å². The largest absolute Gasteiger partial charge is 0.481 e. The number of carbonyl (C=O) groups excluding carboxylic acids is 1. The number of fused-ring (bicyclic) bond motifs is 1. The molecule has 0 spiro atoms. The number of ether oxygens (including phenoxy) is 1. The number of nitrogens with one attached hydrogen (secondary N) is 2. The molecule has 6 nitrogen and oxygen atoms in total. The van der Waals surface area contributed by atoms with Crippen LogP contribution in [0, 0.1) is 5.92 Å². The van der Waals surface area contributed by atoms with Crippen LogP contribution in [0.4, 0.5) is 0 Å². The van der Waals surface area contributed by atoms with E-state index in [2.05, 4.69) is 44.9 Å². The normalized spacial score (nSPS) is 13.2. The molecule has 0 bridgehead atoms. The van der Waals surface area contributed by atoms with Crippen LogP contribution in [0.2, 0.25) is 0 Å². The molecule has 1 aliphatic rings. The molecule has 4 rings (SSSR count). The van der Waals surface area contributed by atoms with Gasteiger partial charge in [0.15, 0.2) is 6.29 Å². The van der Waals surface area contributed by atoms with Gasteiger partial charge in [0, 0.05) is 36.4 Å². The maximum Gasteiger partial charge on any atom is 0.221 e. The third-order valence-corrected chi connectivity index (χ3v) is 5.37. The van der Waals surface area contributed by atoms with Gasteiger partial charge in [-0.05, 0) is 61.5 Å². The summed E-state index contributed by atoms with van der Waals surface area (Å²) in [5.74, 6) is 1.60. The maximum atomic E-state index is 10.1. The van der Waals surface area contributed by atoms with Crippen molar-refractivity contribution in [1.29, 1.82) is 0 Å². The zero-order valence-electron chi connectivity index (χ0n) is 18.2. The second kappa shape index (κ2) is 11.6. The van der Waals surface area contributed by atoms with Gasteiger partial charge in [-0.1, -0.05) is 24.0 Å². The standard InChI is InChI=1S/C18H25N3O.C6H4BNO/c1-19-12-16-9-15-8-14(11-20-10-13-4-3-5-13)6-7-17(15)18(21-16)22-2;7-6-1-5(4-9)2-8-3-6/h6-9,13,19-20H,3-5,10-12H2,1-2H3;1-4H. The van der Waals surface area contributed by atoms with Crippen molar-refractivity contribution < 1.29 is 9.53 Å². The Morgan fingerprint density at radius 2 is 2.03 bits per heavy atom. The number of aromatic nitrogens is 2. The lowest BCUT2D eigenvalue weighted by molar-refractivity contribution is 0.112. The van der Waals surface area contributed by atoms with Gasteiger partial charge in [0.25, 0.3) is 0 Å². The van der Waals surface area contributed by atoms with Gasteiger partial charge < -0.3 is 15.4 Å². The summed E-state index contributed by atoms with van der Waals surface area (Å²) < 4.78 is 5.43. The number of rotatable bonds is 8. The molecule has 3 aromatic rings. The number of nitrogens with zero attached hydrogens (tertiary/aromatic N) is 2. The van der Waals surface area contributed by atoms with E-state index >= 15 is 0 Å². The molecule has 0 atom stereocenters. The van der Waals surface area contributed by atoms with E-state index in [0.717, 1.165) is 36.6 Å². The van der Waals surface area contributed by atoms with Crippen LogP contribution >= 0.6 is 0 Å². The summed E-state index contributed by atoms with van der Waals surface area (Å²) in [5, 5.41) is 8.99. The third-order valence-electron chi connectivity index (χ3n) is 5.37. The van der Waals surface area contributed by atoms with Crippen molar-refractivity contribution in [1.82, 2.24) is 20.6 Å². The molecule has 2 N–H and O–H groups in total. The first-order valence-corrected chi connectivity index (χ1v) is 10.6. The molecule has 1 fully saturated rings. The Hall–Kier alpha value is -2.77. The summed E-state index contributed by atoms with van der Waals surface area (Å²) in [4.78, 5) is 18.3. The van der Waals surface area contributed by atoms with Gasteiger partial charge in [-0.3, -0.25) is 9.78 Å². The van der Waals surface area contributed by atoms with Crippen molar-refractivity contribution in [2.75, 3.05) is 20.7 Å². The molecule has 31 heavy (non-hydrogen) atoms. The molecule has 2 radical (unpaired) electrons. The molecule has 1 aromatic carbocycles. The van der Waals surface area contributed by atoms with Crippen LogP contribution in [0.5, 0.6) is 5.88 Å². The minimum Gasteiger partial charge on any atom is -0.481 e. The van der Waals surface area contributed by atoms with Crippen LogP contribution in [0.15, 0.2) is 42.7 Å². The van der Waals surface area contributed by atoms with E-state index in [1.165, 1.54) is 42.6 Å². The van der Waals surface area contributed by atoms with Crippen molar-refractivity contribution in [2.45, 2.75) is 32.4 Å². The molecule has 160 valence electrons. The Morgan fingerprint density at radius 1 is 1.19 bits per heavy atom. The topological polar surface area (TPSA) is 76.1 Å². The van der Waals surface area contributed by atoms with Gasteiger partial charge in [0.1, 0.15) is 7.85 Å². The molecule has 7 heteroatoms. The molecule has 1 saturated carbocycles. The average Bonchev–Trinajstić information content (AvgIpc) is 2.75. The van der Waals surface area contributed by atoms with Gasteiger partial charge in [0.05, 0.1) is 12.8 Å². The first-order valence-electron chi connectivity index (χ1n) is 10.6. The predicted molar refractivity (Wildman–Crippen MR) is 125 cm³/mol. The average molecular weight is 416 g/mol. The second-order valence-electron chi connectivity index (χ2n) is 7.81. The number of carbonyl (C=O) groups is 1. The summed E-state index contributed by atoms with van der Waals surface area (Å²) >= 11 is 0. The van der Waals surface area contributed by atoms with Gasteiger partial charge >= 0.3 is 0 Å². The summed E-state index contributed by atoms with van der Waals surface area (Å²) in [6, 6.07) is 10.2. The molecular formula is C24H29BN4O2. The smallest absolute Gasteiger partial charge is 0.221 e. The molecule has 2 aromatic heterocycles. The minimum atomic E-state index is 0.509. The predicted octanol–water partition coefficient (Wildman–Crippen LogP) is 2.54. The van der Waals surface area contributed by atoms with Crippen LogP contribution < -0.4 is 20.8 Å². The lowest BCUT2D eigenvalue weighted by atomic mass is 9.85. The zero-order valence-corrected chi connectivity index (χ0v) is 18.2. The van der Waals surface area contributed by atoms with Gasteiger partial charge in [-0.15, -0.1) is 0 Å². The number of hydrogen-bond donors (Lipinski definition) is 2. The third kappa shape index (κ3) is 6.61. The Bertz CT molecular complexity index is 1010. The number of hydrogen-bond acceptors (Lipinski definition) is 6. The number of pyridine rings is 2. The van der Waals surface area contributed by atoms with Crippen molar-refractivity contribution in [3.05, 3.63) is 59.5 Å². The Labute approximate surface area is 185 Å². The molecule has 2 heterocycles. The molecule has 0 saturated heterocycles. The van der Waals surface area contributed by atoms with E-state index in [1.54, 1.807) is 13.2 Å². The number of methoxy groups -OCH3 is 1. The van der Waals surface area contributed by atoms with Crippen LogP contribution in [0.3, 0.4) is 0 Å². The molecule has 0 aliphatic heterocycles. The highest BCUT2D eigenvalue weighted by molar-refractivity contribution is 6.32. The highest BCUT2D eigenvalue weighted by Gasteiger charge is 2.16. The second-order valence-corrected chi connectivity index (χ2v) is 7.81. The Morgan fingerprint density at radius 3 is 2.65 bits per heavy atom. The highest BCUT2D eigenvalue weighted by Crippen LogP contribution is 2.27.